The number of ketones is 1. The fourth-order valence-electron chi connectivity index (χ4n) is 2.57. The molecule has 1 heterocycles. The van der Waals surface area contributed by atoms with E-state index >= 15 is 0 Å². The molecule has 0 atom stereocenters. The highest BCUT2D eigenvalue weighted by Crippen LogP contribution is 2.15. The van der Waals surface area contributed by atoms with Crippen molar-refractivity contribution in [2.24, 2.45) is 0 Å². The summed E-state index contributed by atoms with van der Waals surface area (Å²) >= 11 is 0. The van der Waals surface area contributed by atoms with E-state index in [1.807, 2.05) is 54.6 Å². The number of rotatable bonds is 6. The first-order valence-corrected chi connectivity index (χ1v) is 8.33. The van der Waals surface area contributed by atoms with Gasteiger partial charge in [0.25, 0.3) is 0 Å². The Morgan fingerprint density at radius 2 is 1.81 bits per heavy atom. The van der Waals surface area contributed by atoms with Crippen LogP contribution in [0, 0.1) is 5.41 Å². The van der Waals surface area contributed by atoms with Crippen molar-refractivity contribution in [2.75, 3.05) is 12.4 Å². The smallest absolute Gasteiger partial charge is 0.231 e. The number of carbonyl (C=O) groups excluding carboxylic acids is 1. The Bertz CT molecular complexity index is 903. The lowest BCUT2D eigenvalue weighted by Crippen LogP contribution is -2.25. The molecule has 0 aliphatic heterocycles. The summed E-state index contributed by atoms with van der Waals surface area (Å²) in [6.45, 7) is 0. The van der Waals surface area contributed by atoms with Gasteiger partial charge in [-0.1, -0.05) is 53.7 Å². The summed E-state index contributed by atoms with van der Waals surface area (Å²) in [5, 5.41) is 16.9. The van der Waals surface area contributed by atoms with Gasteiger partial charge >= 0.3 is 0 Å². The van der Waals surface area contributed by atoms with E-state index in [2.05, 4.69) is 15.8 Å². The van der Waals surface area contributed by atoms with Crippen LogP contribution in [0.25, 0.3) is 0 Å². The Balaban J connectivity index is 1.64. The van der Waals surface area contributed by atoms with Crippen molar-refractivity contribution < 1.29 is 9.32 Å². The van der Waals surface area contributed by atoms with E-state index < -0.39 is 0 Å². The van der Waals surface area contributed by atoms with E-state index in [0.29, 0.717) is 23.4 Å². The summed E-state index contributed by atoms with van der Waals surface area (Å²) in [7, 11) is 1.65. The summed E-state index contributed by atoms with van der Waals surface area (Å²) in [5.74, 6) is 0.582. The Morgan fingerprint density at radius 1 is 1.04 bits per heavy atom. The highest BCUT2D eigenvalue weighted by Gasteiger charge is 2.10. The molecule has 3 aromatic rings. The first-order valence-electron chi connectivity index (χ1n) is 8.33. The van der Waals surface area contributed by atoms with Crippen LogP contribution in [0.15, 0.2) is 65.2 Å². The van der Waals surface area contributed by atoms with Gasteiger partial charge in [0.2, 0.25) is 5.88 Å². The summed E-state index contributed by atoms with van der Waals surface area (Å²) < 4.78 is 5.15. The van der Waals surface area contributed by atoms with Gasteiger partial charge in [0, 0.05) is 24.2 Å². The third-order valence-corrected chi connectivity index (χ3v) is 3.95. The lowest BCUT2D eigenvalue weighted by molar-refractivity contribution is 0.103. The molecule has 0 bridgehead atoms. The van der Waals surface area contributed by atoms with Crippen LogP contribution in [0.1, 0.15) is 27.2 Å². The average molecular weight is 348 g/mol. The minimum Gasteiger partial charge on any atom is -0.359 e. The van der Waals surface area contributed by atoms with Crippen LogP contribution in [-0.4, -0.2) is 23.9 Å². The number of benzene rings is 2. The van der Waals surface area contributed by atoms with Crippen LogP contribution in [-0.2, 0) is 12.8 Å². The molecule has 0 aliphatic carbocycles. The lowest BCUT2D eigenvalue weighted by atomic mass is 9.99. The molecular weight excluding hydrogens is 328 g/mol. The van der Waals surface area contributed by atoms with Gasteiger partial charge in [0.05, 0.1) is 5.69 Å². The fraction of sp³-hybridized carbons (Fsp3) is 0.150. The second-order valence-corrected chi connectivity index (χ2v) is 5.83. The molecule has 2 aromatic carbocycles. The molecule has 3 N–H and O–H groups in total. The number of aryl methyl sites for hydroxylation is 2. The van der Waals surface area contributed by atoms with Gasteiger partial charge in [0.1, 0.15) is 0 Å². The zero-order valence-corrected chi connectivity index (χ0v) is 14.5. The second kappa shape index (κ2) is 8.11. The number of hydrogen-bond donors (Lipinski definition) is 3. The summed E-state index contributed by atoms with van der Waals surface area (Å²) in [6, 6.07) is 18.7. The van der Waals surface area contributed by atoms with Crippen LogP contribution in [0.4, 0.5) is 5.88 Å². The van der Waals surface area contributed by atoms with Crippen LogP contribution in [0.5, 0.6) is 0 Å². The number of nitrogens with one attached hydrogen (secondary N) is 3. The van der Waals surface area contributed by atoms with Crippen LogP contribution in [0.3, 0.4) is 0 Å². The highest BCUT2D eigenvalue weighted by molar-refractivity contribution is 6.09. The van der Waals surface area contributed by atoms with E-state index in [-0.39, 0.29) is 11.7 Å². The first kappa shape index (κ1) is 17.4. The van der Waals surface area contributed by atoms with Gasteiger partial charge in [-0.15, -0.1) is 0 Å². The molecule has 132 valence electrons. The molecule has 0 radical (unpaired) electrons. The number of nitrogens with zero attached hydrogens (tertiary/aromatic N) is 1. The van der Waals surface area contributed by atoms with Crippen molar-refractivity contribution in [3.05, 3.63) is 83.0 Å². The third-order valence-electron chi connectivity index (χ3n) is 3.95. The summed E-state index contributed by atoms with van der Waals surface area (Å²) in [5.41, 5.74) is 3.21. The zero-order chi connectivity index (χ0) is 18.4. The predicted molar refractivity (Wildman–Crippen MR) is 101 cm³/mol. The highest BCUT2D eigenvalue weighted by atomic mass is 16.5. The Labute approximate surface area is 151 Å². The number of hydrogen-bond acceptors (Lipinski definition) is 4. The SMILES string of the molecule is CNC(=N)Nc1cc(CCc2cccc(C(=O)c3ccccc3)c2)no1. The monoisotopic (exact) mass is 348 g/mol. The zero-order valence-electron chi connectivity index (χ0n) is 14.5. The molecule has 0 unspecified atom stereocenters. The topological polar surface area (TPSA) is 91.0 Å². The van der Waals surface area contributed by atoms with E-state index in [9.17, 15) is 4.79 Å². The van der Waals surface area contributed by atoms with Crippen molar-refractivity contribution >= 4 is 17.6 Å². The van der Waals surface area contributed by atoms with Gasteiger partial charge in [0.15, 0.2) is 11.7 Å². The maximum absolute atomic E-state index is 12.5. The Morgan fingerprint density at radius 3 is 2.58 bits per heavy atom. The molecule has 0 fully saturated rings. The quantitative estimate of drug-likeness (QED) is 0.361. The van der Waals surface area contributed by atoms with Gasteiger partial charge in [-0.2, -0.15) is 0 Å². The Hall–Kier alpha value is -3.41. The molecular formula is C20H20N4O2. The molecule has 0 spiro atoms. The van der Waals surface area contributed by atoms with Crippen molar-refractivity contribution in [3.63, 3.8) is 0 Å². The van der Waals surface area contributed by atoms with Gasteiger partial charge < -0.3 is 9.84 Å². The molecule has 0 saturated carbocycles. The number of anilines is 1. The second-order valence-electron chi connectivity index (χ2n) is 5.83. The molecule has 0 amide bonds. The molecule has 26 heavy (non-hydrogen) atoms. The summed E-state index contributed by atoms with van der Waals surface area (Å²) in [6.07, 6.45) is 1.42. The summed E-state index contributed by atoms with van der Waals surface area (Å²) in [4.78, 5) is 12.5. The van der Waals surface area contributed by atoms with E-state index in [1.165, 1.54) is 0 Å². The largest absolute Gasteiger partial charge is 0.359 e. The van der Waals surface area contributed by atoms with Crippen molar-refractivity contribution in [3.8, 4) is 0 Å². The van der Waals surface area contributed by atoms with E-state index in [1.54, 1.807) is 13.1 Å². The normalized spacial score (nSPS) is 10.3. The molecule has 6 heteroatoms. The first-order chi connectivity index (χ1) is 12.7. The maximum atomic E-state index is 12.5. The van der Waals surface area contributed by atoms with E-state index in [0.717, 1.165) is 17.7 Å². The van der Waals surface area contributed by atoms with Crippen LogP contribution < -0.4 is 10.6 Å². The van der Waals surface area contributed by atoms with Gasteiger partial charge in [-0.3, -0.25) is 15.5 Å². The average Bonchev–Trinajstić information content (AvgIpc) is 3.14. The van der Waals surface area contributed by atoms with Crippen LogP contribution in [0.2, 0.25) is 0 Å². The third kappa shape index (κ3) is 4.36. The van der Waals surface area contributed by atoms with Crippen molar-refractivity contribution in [2.45, 2.75) is 12.8 Å². The predicted octanol–water partition coefficient (Wildman–Crippen LogP) is 3.26. The molecule has 0 aliphatic rings. The minimum atomic E-state index is 0.0194. The number of guanidine groups is 1. The lowest BCUT2D eigenvalue weighted by Gasteiger charge is -2.04. The van der Waals surface area contributed by atoms with Crippen molar-refractivity contribution in [1.82, 2.24) is 10.5 Å². The van der Waals surface area contributed by atoms with E-state index in [4.69, 9.17) is 9.93 Å². The fourth-order valence-corrected chi connectivity index (χ4v) is 2.57. The van der Waals surface area contributed by atoms with Crippen LogP contribution >= 0.6 is 0 Å². The van der Waals surface area contributed by atoms with Gasteiger partial charge in [-0.05, 0) is 24.5 Å². The standard InChI is InChI=1S/C20H20N4O2/c1-22-20(21)23-18-13-17(24-26-18)11-10-14-6-5-9-16(12-14)19(25)15-7-3-2-4-8-15/h2-9,12-13H,10-11H2,1H3,(H3,21,22,23). The molecule has 0 saturated heterocycles. The minimum absolute atomic E-state index is 0.0194. The number of aromatic nitrogens is 1. The number of carbonyl (C=O) groups is 1. The maximum Gasteiger partial charge on any atom is 0.231 e. The molecule has 1 aromatic heterocycles. The van der Waals surface area contributed by atoms with Crippen molar-refractivity contribution in [1.29, 1.82) is 5.41 Å². The molecule has 6 nitrogen and oxygen atoms in total. The van der Waals surface area contributed by atoms with Gasteiger partial charge in [-0.25, -0.2) is 0 Å². The molecule has 3 rings (SSSR count). The Kier molecular flexibility index (Phi) is 5.43.